The van der Waals surface area contributed by atoms with Gasteiger partial charge in [-0.2, -0.15) is 9.97 Å². The predicted molar refractivity (Wildman–Crippen MR) is 201 cm³/mol. The molecule has 2 amide bonds. The zero-order valence-electron chi connectivity index (χ0n) is 31.5. The Labute approximate surface area is 316 Å². The van der Waals surface area contributed by atoms with E-state index in [2.05, 4.69) is 59.0 Å². The van der Waals surface area contributed by atoms with Crippen LogP contribution in [-0.2, 0) is 23.8 Å². The molecule has 0 bridgehead atoms. The van der Waals surface area contributed by atoms with Crippen molar-refractivity contribution in [3.05, 3.63) is 77.7 Å². The van der Waals surface area contributed by atoms with Crippen molar-refractivity contribution in [3.63, 3.8) is 0 Å². The summed E-state index contributed by atoms with van der Waals surface area (Å²) >= 11 is 0. The number of nitrogens with one attached hydrogen (secondary N) is 6. The van der Waals surface area contributed by atoms with Crippen LogP contribution in [0.25, 0.3) is 0 Å². The monoisotopic (exact) mass is 763 g/mol. The number of hydrogen-bond donors (Lipinski definition) is 6. The first-order chi connectivity index (χ1) is 26.4. The number of anilines is 4. The van der Waals surface area contributed by atoms with Gasteiger partial charge in [-0.05, 0) is 33.6 Å². The van der Waals surface area contributed by atoms with Gasteiger partial charge in [0, 0.05) is 48.5 Å². The zero-order chi connectivity index (χ0) is 40.5. The molecule has 0 aliphatic rings. The van der Waals surface area contributed by atoms with Crippen LogP contribution in [0, 0.1) is 20.8 Å². The standard InChI is InChI=1S/C20H26N4O6.C16H19N5O4/c1-11-17(19(27)29-3)13(9-21-11)23-15(25)7-5-6-8-16(26)24-14-10-22-12(2)18(14)20(28)30-4;1-5-7-24-15-19-14(20-16(21-15)25-8-6-2)18-11-9-17-10(3)12(11)13(22)23-4/h9-10,21-22H,5-8H2,1-4H3,(H,23,25)(H,24,26);5-6,9,17H,1-2,7-8H2,3-4H3,(H,18,19,20,21). The second-order valence-electron chi connectivity index (χ2n) is 11.4. The summed E-state index contributed by atoms with van der Waals surface area (Å²) in [4.78, 5) is 80.8. The fraction of sp³-hybridized carbons (Fsp3) is 0.333. The summed E-state index contributed by atoms with van der Waals surface area (Å²) in [6.07, 6.45) is 9.13. The number of aromatic nitrogens is 6. The van der Waals surface area contributed by atoms with Crippen LogP contribution in [0.15, 0.2) is 43.9 Å². The molecule has 0 aromatic carbocycles. The van der Waals surface area contributed by atoms with E-state index in [1.165, 1.54) is 33.7 Å². The van der Waals surface area contributed by atoms with Crippen molar-refractivity contribution in [1.82, 2.24) is 29.9 Å². The minimum Gasteiger partial charge on any atom is -0.465 e. The van der Waals surface area contributed by atoms with Gasteiger partial charge in [0.1, 0.15) is 29.9 Å². The van der Waals surface area contributed by atoms with Crippen LogP contribution in [0.3, 0.4) is 0 Å². The number of unbranched alkanes of at least 4 members (excludes halogenated alkanes) is 1. The number of aromatic amines is 3. The van der Waals surface area contributed by atoms with Crippen molar-refractivity contribution < 1.29 is 47.7 Å². The highest BCUT2D eigenvalue weighted by atomic mass is 16.5. The number of ether oxygens (including phenoxy) is 5. The van der Waals surface area contributed by atoms with Crippen LogP contribution in [0.2, 0.25) is 0 Å². The van der Waals surface area contributed by atoms with Gasteiger partial charge in [0.15, 0.2) is 0 Å². The quantitative estimate of drug-likeness (QED) is 0.0343. The minimum absolute atomic E-state index is 0.0586. The molecule has 55 heavy (non-hydrogen) atoms. The van der Waals surface area contributed by atoms with Crippen molar-refractivity contribution in [3.8, 4) is 12.0 Å². The topological polar surface area (TPSA) is 254 Å². The van der Waals surface area contributed by atoms with E-state index in [0.29, 0.717) is 52.5 Å². The molecular formula is C36H45N9O10. The third-order valence-electron chi connectivity index (χ3n) is 7.51. The lowest BCUT2D eigenvalue weighted by molar-refractivity contribution is -0.118. The SMILES string of the molecule is C=CCOc1nc(Nc2c[nH]c(C)c2C(=O)OC)nc(OCC=C)n1.COC(=O)c1c(NC(=O)CCCCC(=O)Nc2c[nH]c(C)c2C(=O)OC)c[nH]c1C. The van der Waals surface area contributed by atoms with E-state index in [1.807, 2.05) is 0 Å². The van der Waals surface area contributed by atoms with E-state index in [0.717, 1.165) is 0 Å². The Balaban J connectivity index is 0.000000300. The summed E-state index contributed by atoms with van der Waals surface area (Å²) in [5.74, 6) is -1.94. The van der Waals surface area contributed by atoms with E-state index in [4.69, 9.17) is 23.7 Å². The fourth-order valence-corrected chi connectivity index (χ4v) is 4.88. The van der Waals surface area contributed by atoms with Crippen LogP contribution < -0.4 is 25.4 Å². The molecule has 0 atom stereocenters. The number of rotatable bonds is 18. The van der Waals surface area contributed by atoms with E-state index in [-0.39, 0.29) is 67.0 Å². The molecule has 4 aromatic rings. The second kappa shape index (κ2) is 20.9. The maximum Gasteiger partial charge on any atom is 0.341 e. The third-order valence-corrected chi connectivity index (χ3v) is 7.51. The number of carbonyl (C=O) groups excluding carboxylic acids is 5. The number of H-pyrrole nitrogens is 3. The van der Waals surface area contributed by atoms with Crippen molar-refractivity contribution in [1.29, 1.82) is 0 Å². The number of nitrogens with zero attached hydrogens (tertiary/aromatic N) is 3. The molecule has 294 valence electrons. The van der Waals surface area contributed by atoms with Gasteiger partial charge in [0.25, 0.3) is 0 Å². The van der Waals surface area contributed by atoms with Gasteiger partial charge in [-0.1, -0.05) is 25.3 Å². The molecule has 6 N–H and O–H groups in total. The lowest BCUT2D eigenvalue weighted by Gasteiger charge is -2.09. The average molecular weight is 764 g/mol. The Kier molecular flexibility index (Phi) is 16.2. The second-order valence-corrected chi connectivity index (χ2v) is 11.4. The molecule has 19 nitrogen and oxygen atoms in total. The van der Waals surface area contributed by atoms with Gasteiger partial charge in [-0.25, -0.2) is 14.4 Å². The molecule has 0 saturated carbocycles. The van der Waals surface area contributed by atoms with Gasteiger partial charge in [-0.15, -0.1) is 4.98 Å². The van der Waals surface area contributed by atoms with Crippen LogP contribution in [0.1, 0.15) is 73.8 Å². The van der Waals surface area contributed by atoms with Crippen molar-refractivity contribution >= 4 is 52.7 Å². The lowest BCUT2D eigenvalue weighted by Crippen LogP contribution is -2.16. The molecule has 0 spiro atoms. The third kappa shape index (κ3) is 12.1. The minimum atomic E-state index is -0.535. The zero-order valence-corrected chi connectivity index (χ0v) is 31.5. The Morgan fingerprint density at radius 1 is 0.618 bits per heavy atom. The number of aryl methyl sites for hydroxylation is 3. The molecule has 4 rings (SSSR count). The first-order valence-corrected chi connectivity index (χ1v) is 16.8. The van der Waals surface area contributed by atoms with Crippen molar-refractivity contribution in [2.24, 2.45) is 0 Å². The fourth-order valence-electron chi connectivity index (χ4n) is 4.88. The van der Waals surface area contributed by atoms with Crippen LogP contribution in [0.5, 0.6) is 12.0 Å². The van der Waals surface area contributed by atoms with Gasteiger partial charge < -0.3 is 54.6 Å². The van der Waals surface area contributed by atoms with Crippen molar-refractivity contribution in [2.75, 3.05) is 50.5 Å². The number of esters is 3. The molecule has 0 fully saturated rings. The van der Waals surface area contributed by atoms with E-state index in [1.54, 1.807) is 39.1 Å². The summed E-state index contributed by atoms with van der Waals surface area (Å²) in [6, 6.07) is 0.117. The Morgan fingerprint density at radius 3 is 1.35 bits per heavy atom. The highest BCUT2D eigenvalue weighted by Gasteiger charge is 2.21. The molecule has 19 heteroatoms. The van der Waals surface area contributed by atoms with Gasteiger partial charge in [0.2, 0.25) is 17.8 Å². The molecule has 0 aliphatic heterocycles. The van der Waals surface area contributed by atoms with Crippen LogP contribution in [-0.4, -0.2) is 94.2 Å². The number of amides is 2. The average Bonchev–Trinajstić information content (AvgIpc) is 3.85. The summed E-state index contributed by atoms with van der Waals surface area (Å²) in [5, 5.41) is 8.29. The summed E-state index contributed by atoms with van der Waals surface area (Å²) in [7, 11) is 3.85. The molecular weight excluding hydrogens is 718 g/mol. The Morgan fingerprint density at radius 2 is 0.982 bits per heavy atom. The van der Waals surface area contributed by atoms with Gasteiger partial charge >= 0.3 is 29.9 Å². The van der Waals surface area contributed by atoms with Crippen LogP contribution >= 0.6 is 0 Å². The summed E-state index contributed by atoms with van der Waals surface area (Å²) in [5.41, 5.74) is 3.95. The molecule has 0 aliphatic carbocycles. The summed E-state index contributed by atoms with van der Waals surface area (Å²) in [6.45, 7) is 12.8. The van der Waals surface area contributed by atoms with Crippen molar-refractivity contribution in [2.45, 2.75) is 46.5 Å². The van der Waals surface area contributed by atoms with Crippen LogP contribution in [0.4, 0.5) is 23.0 Å². The number of carbonyl (C=O) groups is 5. The van der Waals surface area contributed by atoms with E-state index < -0.39 is 17.9 Å². The van der Waals surface area contributed by atoms with Gasteiger partial charge in [0.05, 0.1) is 38.4 Å². The Hall–Kier alpha value is -6.92. The molecule has 4 aromatic heterocycles. The normalized spacial score (nSPS) is 10.2. The smallest absolute Gasteiger partial charge is 0.341 e. The molecule has 0 saturated heterocycles. The highest BCUT2D eigenvalue weighted by Crippen LogP contribution is 2.25. The summed E-state index contributed by atoms with van der Waals surface area (Å²) < 4.78 is 24.9. The number of hydrogen-bond acceptors (Lipinski definition) is 14. The molecule has 0 unspecified atom stereocenters. The van der Waals surface area contributed by atoms with E-state index >= 15 is 0 Å². The Bertz CT molecular complexity index is 1890. The molecule has 4 heterocycles. The maximum absolute atomic E-state index is 12.1. The molecule has 0 radical (unpaired) electrons. The lowest BCUT2D eigenvalue weighted by atomic mass is 10.1. The van der Waals surface area contributed by atoms with Gasteiger partial charge in [-0.3, -0.25) is 9.59 Å². The first kappa shape index (κ1) is 42.5. The maximum atomic E-state index is 12.1. The predicted octanol–water partition coefficient (Wildman–Crippen LogP) is 4.84. The first-order valence-electron chi connectivity index (χ1n) is 16.8. The highest BCUT2D eigenvalue weighted by molar-refractivity contribution is 6.03. The number of methoxy groups -OCH3 is 3. The largest absolute Gasteiger partial charge is 0.465 e. The van der Waals surface area contributed by atoms with E-state index in [9.17, 15) is 24.0 Å².